The molecule has 2 unspecified atom stereocenters. The average Bonchev–Trinajstić information content (AvgIpc) is 2.91. The molecule has 7 heteroatoms. The summed E-state index contributed by atoms with van der Waals surface area (Å²) in [6.07, 6.45) is 0. The summed E-state index contributed by atoms with van der Waals surface area (Å²) < 4.78 is 2.90. The molecule has 1 aromatic heterocycles. The van der Waals surface area contributed by atoms with Crippen molar-refractivity contribution in [3.8, 4) is 0 Å². The van der Waals surface area contributed by atoms with Crippen LogP contribution in [0.3, 0.4) is 0 Å². The number of halogens is 1. The van der Waals surface area contributed by atoms with Gasteiger partial charge in [-0.15, -0.1) is 10.2 Å². The summed E-state index contributed by atoms with van der Waals surface area (Å²) >= 11 is 1.99. The van der Waals surface area contributed by atoms with Gasteiger partial charge >= 0.3 is 0 Å². The van der Waals surface area contributed by atoms with E-state index in [1.165, 1.54) is 5.56 Å². The molecule has 2 atom stereocenters. The number of likely N-dealkylation sites (tertiary alicyclic amines) is 1. The van der Waals surface area contributed by atoms with Gasteiger partial charge in [-0.1, -0.05) is 37.3 Å². The monoisotopic (exact) mass is 425 g/mol. The molecule has 0 radical (unpaired) electrons. The number of aromatic amines is 1. The molecule has 1 fully saturated rings. The fraction of sp³-hybridized carbons (Fsp3) is 0.438. The third-order valence-corrected chi connectivity index (χ3v) is 4.69. The summed E-state index contributed by atoms with van der Waals surface area (Å²) in [6, 6.07) is 10.5. The summed E-state index contributed by atoms with van der Waals surface area (Å²) in [5.74, 6) is 1.37. The van der Waals surface area contributed by atoms with Crippen molar-refractivity contribution < 1.29 is 0 Å². The van der Waals surface area contributed by atoms with Crippen molar-refractivity contribution in [2.45, 2.75) is 25.9 Å². The first-order valence-electron chi connectivity index (χ1n) is 7.73. The Morgan fingerprint density at radius 1 is 1.30 bits per heavy atom. The van der Waals surface area contributed by atoms with Crippen molar-refractivity contribution in [1.82, 2.24) is 23.6 Å². The van der Waals surface area contributed by atoms with Gasteiger partial charge < -0.3 is 4.98 Å². The molecule has 0 amide bonds. The highest BCUT2D eigenvalue weighted by molar-refractivity contribution is 14.1. The van der Waals surface area contributed by atoms with E-state index in [-0.39, 0.29) is 11.5 Å². The van der Waals surface area contributed by atoms with E-state index >= 15 is 0 Å². The zero-order valence-electron chi connectivity index (χ0n) is 13.0. The second kappa shape index (κ2) is 7.50. The number of hydrogen-bond donors (Lipinski definition) is 2. The van der Waals surface area contributed by atoms with Crippen LogP contribution >= 0.6 is 22.9 Å². The van der Waals surface area contributed by atoms with Crippen molar-refractivity contribution in [2.75, 3.05) is 13.1 Å². The third kappa shape index (κ3) is 3.96. The molecular formula is C16H20IN5O. The molecule has 3 rings (SSSR count). The Kier molecular flexibility index (Phi) is 5.39. The highest BCUT2D eigenvalue weighted by atomic mass is 127. The van der Waals surface area contributed by atoms with Crippen LogP contribution in [-0.4, -0.2) is 33.2 Å². The van der Waals surface area contributed by atoms with Crippen LogP contribution in [0.5, 0.6) is 0 Å². The van der Waals surface area contributed by atoms with Crippen LogP contribution in [0, 0.1) is 5.92 Å². The van der Waals surface area contributed by atoms with E-state index in [1.54, 1.807) is 0 Å². The molecule has 23 heavy (non-hydrogen) atoms. The lowest BCUT2D eigenvalue weighted by Crippen LogP contribution is -2.25. The van der Waals surface area contributed by atoms with Gasteiger partial charge in [-0.2, -0.15) is 0 Å². The van der Waals surface area contributed by atoms with E-state index in [0.717, 1.165) is 19.6 Å². The van der Waals surface area contributed by atoms with Gasteiger partial charge in [0.05, 0.1) is 6.54 Å². The maximum Gasteiger partial charge on any atom is 0.274 e. The minimum absolute atomic E-state index is 0.145. The highest BCUT2D eigenvalue weighted by Crippen LogP contribution is 2.30. The first kappa shape index (κ1) is 16.5. The minimum atomic E-state index is -0.145. The Hall–Kier alpha value is -1.32. The molecule has 0 aliphatic carbocycles. The topological polar surface area (TPSA) is 73.9 Å². The maximum atomic E-state index is 12.1. The Balaban J connectivity index is 1.71. The molecule has 1 saturated heterocycles. The van der Waals surface area contributed by atoms with Crippen LogP contribution < -0.4 is 9.09 Å². The van der Waals surface area contributed by atoms with E-state index in [1.807, 2.05) is 28.9 Å². The molecule has 0 spiro atoms. The van der Waals surface area contributed by atoms with Gasteiger partial charge in [0.2, 0.25) is 0 Å². The maximum absolute atomic E-state index is 12.1. The SMILES string of the molecule is CC1CN(Cc2ccccc2)CC1c1nnc(CNI)c(=O)[nH]1. The quantitative estimate of drug-likeness (QED) is 0.565. The summed E-state index contributed by atoms with van der Waals surface area (Å²) in [6.45, 7) is 5.44. The molecule has 1 aliphatic rings. The number of nitrogens with zero attached hydrogens (tertiary/aromatic N) is 3. The van der Waals surface area contributed by atoms with Crippen LogP contribution in [0.1, 0.15) is 29.9 Å². The Morgan fingerprint density at radius 3 is 2.78 bits per heavy atom. The number of nitrogens with one attached hydrogen (secondary N) is 2. The van der Waals surface area contributed by atoms with Gasteiger partial charge in [-0.25, -0.2) is 0 Å². The van der Waals surface area contributed by atoms with Gasteiger partial charge in [-0.05, 0) is 11.5 Å². The second-order valence-corrected chi connectivity index (χ2v) is 6.82. The molecule has 1 aliphatic heterocycles. The van der Waals surface area contributed by atoms with E-state index < -0.39 is 0 Å². The van der Waals surface area contributed by atoms with Crippen molar-refractivity contribution in [1.29, 1.82) is 0 Å². The van der Waals surface area contributed by atoms with E-state index in [2.05, 4.69) is 54.8 Å². The van der Waals surface area contributed by atoms with Crippen molar-refractivity contribution >= 4 is 22.9 Å². The normalized spacial score (nSPS) is 21.7. The smallest absolute Gasteiger partial charge is 0.274 e. The van der Waals surface area contributed by atoms with E-state index in [4.69, 9.17) is 0 Å². The minimum Gasteiger partial charge on any atom is -0.307 e. The summed E-state index contributed by atoms with van der Waals surface area (Å²) in [5, 5.41) is 8.33. The van der Waals surface area contributed by atoms with Crippen molar-refractivity contribution in [3.05, 3.63) is 57.8 Å². The van der Waals surface area contributed by atoms with Crippen molar-refractivity contribution in [3.63, 3.8) is 0 Å². The van der Waals surface area contributed by atoms with Crippen molar-refractivity contribution in [2.24, 2.45) is 5.92 Å². The molecular weight excluding hydrogens is 405 g/mol. The van der Waals surface area contributed by atoms with E-state index in [0.29, 0.717) is 24.0 Å². The van der Waals surface area contributed by atoms with Crippen LogP contribution in [0.15, 0.2) is 35.1 Å². The number of rotatable bonds is 5. The Labute approximate surface area is 149 Å². The van der Waals surface area contributed by atoms with Gasteiger partial charge in [0, 0.05) is 48.4 Å². The predicted octanol–water partition coefficient (Wildman–Crippen LogP) is 1.84. The summed E-state index contributed by atoms with van der Waals surface area (Å²) in [4.78, 5) is 17.4. The molecule has 2 aromatic rings. The molecule has 1 aromatic carbocycles. The Bertz CT molecular complexity index is 705. The van der Waals surface area contributed by atoms with Crippen LogP contribution in [-0.2, 0) is 13.1 Å². The fourth-order valence-electron chi connectivity index (χ4n) is 3.11. The third-order valence-electron chi connectivity index (χ3n) is 4.30. The predicted molar refractivity (Wildman–Crippen MR) is 97.1 cm³/mol. The number of aromatic nitrogens is 3. The first-order valence-corrected chi connectivity index (χ1v) is 8.80. The van der Waals surface area contributed by atoms with Crippen LogP contribution in [0.25, 0.3) is 0 Å². The summed E-state index contributed by atoms with van der Waals surface area (Å²) in [7, 11) is 0. The van der Waals surface area contributed by atoms with Gasteiger partial charge in [0.15, 0.2) is 0 Å². The zero-order chi connectivity index (χ0) is 16.2. The zero-order valence-corrected chi connectivity index (χ0v) is 15.2. The van der Waals surface area contributed by atoms with Crippen LogP contribution in [0.4, 0.5) is 0 Å². The lowest BCUT2D eigenvalue weighted by Gasteiger charge is -2.15. The molecule has 6 nitrogen and oxygen atoms in total. The number of H-pyrrole nitrogens is 1. The number of benzene rings is 1. The van der Waals surface area contributed by atoms with Crippen LogP contribution in [0.2, 0.25) is 0 Å². The van der Waals surface area contributed by atoms with Gasteiger partial charge in [-0.3, -0.25) is 13.2 Å². The second-order valence-electron chi connectivity index (χ2n) is 6.06. The van der Waals surface area contributed by atoms with E-state index in [9.17, 15) is 4.79 Å². The first-order chi connectivity index (χ1) is 11.2. The average molecular weight is 425 g/mol. The molecule has 0 saturated carbocycles. The summed E-state index contributed by atoms with van der Waals surface area (Å²) in [5.41, 5.74) is 1.59. The number of hydrogen-bond acceptors (Lipinski definition) is 5. The van der Waals surface area contributed by atoms with Gasteiger partial charge in [0.25, 0.3) is 5.56 Å². The fourth-order valence-corrected chi connectivity index (χ4v) is 3.47. The lowest BCUT2D eigenvalue weighted by atomic mass is 9.97. The highest BCUT2D eigenvalue weighted by Gasteiger charge is 2.32. The molecule has 0 bridgehead atoms. The lowest BCUT2D eigenvalue weighted by molar-refractivity contribution is 0.318. The standard InChI is InChI=1S/C16H20IN5O/c1-11-8-22(9-12-5-3-2-4-6-12)10-13(11)15-19-16(23)14(7-18-17)20-21-15/h2-6,11,13,18H,7-10H2,1H3,(H,19,21,23). The van der Waals surface area contributed by atoms with Gasteiger partial charge in [0.1, 0.15) is 11.5 Å². The molecule has 122 valence electrons. The largest absolute Gasteiger partial charge is 0.307 e. The molecule has 2 N–H and O–H groups in total. The Morgan fingerprint density at radius 2 is 2.09 bits per heavy atom. The molecule has 2 heterocycles.